The summed E-state index contributed by atoms with van der Waals surface area (Å²) in [5.74, 6) is -0.256. The van der Waals surface area contributed by atoms with Crippen LogP contribution >= 0.6 is 11.3 Å². The van der Waals surface area contributed by atoms with Gasteiger partial charge in [0.15, 0.2) is 0 Å². The fourth-order valence-electron chi connectivity index (χ4n) is 1.56. The zero-order valence-corrected chi connectivity index (χ0v) is 9.54. The van der Waals surface area contributed by atoms with Crippen LogP contribution in [0.25, 0.3) is 22.0 Å². The van der Waals surface area contributed by atoms with E-state index in [9.17, 15) is 4.39 Å². The van der Waals surface area contributed by atoms with Crippen molar-refractivity contribution in [1.82, 2.24) is 15.0 Å². The second kappa shape index (κ2) is 4.10. The number of rotatable bonds is 2. The predicted octanol–water partition coefficient (Wildman–Crippen LogP) is 3.34. The molecule has 2 heterocycles. The van der Waals surface area contributed by atoms with E-state index >= 15 is 0 Å². The van der Waals surface area contributed by atoms with E-state index in [1.807, 2.05) is 5.38 Å². The number of hydrogen-bond acceptors (Lipinski definition) is 3. The highest BCUT2D eigenvalue weighted by atomic mass is 32.1. The molecule has 0 saturated heterocycles. The fraction of sp³-hybridized carbons (Fsp3) is 0. The molecule has 0 aliphatic heterocycles. The van der Waals surface area contributed by atoms with Crippen LogP contribution in [0, 0.1) is 5.82 Å². The summed E-state index contributed by atoms with van der Waals surface area (Å²) in [6.45, 7) is 0. The lowest BCUT2D eigenvalue weighted by molar-refractivity contribution is 0.631. The molecule has 5 heteroatoms. The normalized spacial score (nSPS) is 10.6. The van der Waals surface area contributed by atoms with Crippen LogP contribution < -0.4 is 0 Å². The van der Waals surface area contributed by atoms with Crippen LogP contribution in [-0.4, -0.2) is 15.0 Å². The van der Waals surface area contributed by atoms with E-state index in [-0.39, 0.29) is 5.82 Å². The largest absolute Gasteiger partial charge is 0.343 e. The highest BCUT2D eigenvalue weighted by molar-refractivity contribution is 7.13. The smallest absolute Gasteiger partial charge is 0.142 e. The van der Waals surface area contributed by atoms with Gasteiger partial charge >= 0.3 is 0 Å². The third-order valence-corrected chi connectivity index (χ3v) is 3.26. The van der Waals surface area contributed by atoms with Crippen LogP contribution in [0.1, 0.15) is 0 Å². The molecule has 0 spiro atoms. The first kappa shape index (κ1) is 10.2. The minimum atomic E-state index is -0.256. The van der Waals surface area contributed by atoms with E-state index in [1.54, 1.807) is 30.7 Å². The van der Waals surface area contributed by atoms with Crippen LogP contribution in [0.5, 0.6) is 0 Å². The summed E-state index contributed by atoms with van der Waals surface area (Å²) in [4.78, 5) is 11.3. The maximum absolute atomic E-state index is 13.6. The number of halogens is 1. The first-order valence-corrected chi connectivity index (χ1v) is 5.92. The number of thiazole rings is 1. The molecule has 0 unspecified atom stereocenters. The molecule has 2 aromatic heterocycles. The third-order valence-electron chi connectivity index (χ3n) is 2.38. The van der Waals surface area contributed by atoms with Gasteiger partial charge in [-0.25, -0.2) is 14.4 Å². The van der Waals surface area contributed by atoms with E-state index in [4.69, 9.17) is 0 Å². The molecule has 0 aliphatic rings. The third kappa shape index (κ3) is 1.85. The second-order valence-corrected chi connectivity index (χ2v) is 4.34. The number of nitrogens with one attached hydrogen (secondary N) is 1. The molecular formula is C12H8FN3S. The summed E-state index contributed by atoms with van der Waals surface area (Å²) in [5, 5.41) is 2.65. The molecule has 1 aromatic carbocycles. The Morgan fingerprint density at radius 1 is 1.24 bits per heavy atom. The van der Waals surface area contributed by atoms with Gasteiger partial charge < -0.3 is 4.98 Å². The first-order valence-electron chi connectivity index (χ1n) is 5.04. The maximum atomic E-state index is 13.6. The SMILES string of the molecule is Fc1ccccc1-c1csc(-c2cnc[nH]2)n1. The molecule has 0 atom stereocenters. The van der Waals surface area contributed by atoms with Gasteiger partial charge in [0.05, 0.1) is 23.9 Å². The number of H-pyrrole nitrogens is 1. The van der Waals surface area contributed by atoms with E-state index < -0.39 is 0 Å². The van der Waals surface area contributed by atoms with Crippen molar-refractivity contribution in [1.29, 1.82) is 0 Å². The number of benzene rings is 1. The van der Waals surface area contributed by atoms with Crippen molar-refractivity contribution in [3.8, 4) is 22.0 Å². The summed E-state index contributed by atoms with van der Waals surface area (Å²) >= 11 is 1.46. The van der Waals surface area contributed by atoms with E-state index in [2.05, 4.69) is 15.0 Å². The maximum Gasteiger partial charge on any atom is 0.142 e. The van der Waals surface area contributed by atoms with Crippen molar-refractivity contribution in [3.63, 3.8) is 0 Å². The van der Waals surface area contributed by atoms with Crippen LogP contribution in [0.2, 0.25) is 0 Å². The topological polar surface area (TPSA) is 41.6 Å². The van der Waals surface area contributed by atoms with Crippen molar-refractivity contribution < 1.29 is 4.39 Å². The van der Waals surface area contributed by atoms with Crippen molar-refractivity contribution in [2.45, 2.75) is 0 Å². The Labute approximate surface area is 101 Å². The summed E-state index contributed by atoms with van der Waals surface area (Å²) in [6.07, 6.45) is 3.30. The number of aromatic amines is 1. The molecule has 0 saturated carbocycles. The Morgan fingerprint density at radius 2 is 2.12 bits per heavy atom. The summed E-state index contributed by atoms with van der Waals surface area (Å²) in [7, 11) is 0. The molecule has 0 radical (unpaired) electrons. The van der Waals surface area contributed by atoms with Crippen molar-refractivity contribution in [2.24, 2.45) is 0 Å². The Balaban J connectivity index is 2.04. The number of hydrogen-bond donors (Lipinski definition) is 1. The summed E-state index contributed by atoms with van der Waals surface area (Å²) < 4.78 is 13.6. The quantitative estimate of drug-likeness (QED) is 0.752. The van der Waals surface area contributed by atoms with Gasteiger partial charge in [-0.3, -0.25) is 0 Å². The van der Waals surface area contributed by atoms with Gasteiger partial charge in [-0.05, 0) is 12.1 Å². The highest BCUT2D eigenvalue weighted by Gasteiger charge is 2.10. The van der Waals surface area contributed by atoms with E-state index in [1.165, 1.54) is 17.4 Å². The molecule has 3 rings (SSSR count). The summed E-state index contributed by atoms with van der Waals surface area (Å²) in [6, 6.07) is 6.63. The van der Waals surface area contributed by atoms with Gasteiger partial charge in [0.1, 0.15) is 10.8 Å². The Bertz CT molecular complexity index is 631. The lowest BCUT2D eigenvalue weighted by Crippen LogP contribution is -1.83. The average Bonchev–Trinajstić information content (AvgIpc) is 3.00. The zero-order valence-electron chi connectivity index (χ0n) is 8.72. The monoisotopic (exact) mass is 245 g/mol. The Kier molecular flexibility index (Phi) is 2.45. The van der Waals surface area contributed by atoms with Gasteiger partial charge in [0, 0.05) is 10.9 Å². The molecule has 0 aliphatic carbocycles. The molecule has 0 fully saturated rings. The molecular weight excluding hydrogens is 237 g/mol. The molecule has 1 N–H and O–H groups in total. The molecule has 3 nitrogen and oxygen atoms in total. The molecule has 0 bridgehead atoms. The average molecular weight is 245 g/mol. The van der Waals surface area contributed by atoms with Crippen molar-refractivity contribution >= 4 is 11.3 Å². The lowest BCUT2D eigenvalue weighted by Gasteiger charge is -1.97. The Morgan fingerprint density at radius 3 is 2.88 bits per heavy atom. The molecule has 17 heavy (non-hydrogen) atoms. The fourth-order valence-corrected chi connectivity index (χ4v) is 2.36. The van der Waals surface area contributed by atoms with E-state index in [0.717, 1.165) is 10.7 Å². The van der Waals surface area contributed by atoms with Crippen LogP contribution in [-0.2, 0) is 0 Å². The van der Waals surface area contributed by atoms with Crippen LogP contribution in [0.15, 0.2) is 42.2 Å². The number of nitrogens with zero attached hydrogens (tertiary/aromatic N) is 2. The minimum Gasteiger partial charge on any atom is -0.343 e. The minimum absolute atomic E-state index is 0.256. The highest BCUT2D eigenvalue weighted by Crippen LogP contribution is 2.28. The number of aromatic nitrogens is 3. The van der Waals surface area contributed by atoms with Crippen LogP contribution in [0.4, 0.5) is 4.39 Å². The van der Waals surface area contributed by atoms with Gasteiger partial charge in [0.25, 0.3) is 0 Å². The van der Waals surface area contributed by atoms with Gasteiger partial charge in [-0.15, -0.1) is 11.3 Å². The van der Waals surface area contributed by atoms with Crippen molar-refractivity contribution in [2.75, 3.05) is 0 Å². The zero-order chi connectivity index (χ0) is 11.7. The Hall–Kier alpha value is -2.01. The lowest BCUT2D eigenvalue weighted by atomic mass is 10.1. The first-order chi connectivity index (χ1) is 8.34. The van der Waals surface area contributed by atoms with Gasteiger partial charge in [-0.2, -0.15) is 0 Å². The molecule has 0 amide bonds. The molecule has 84 valence electrons. The van der Waals surface area contributed by atoms with Gasteiger partial charge in [0.2, 0.25) is 0 Å². The van der Waals surface area contributed by atoms with Crippen molar-refractivity contribution in [3.05, 3.63) is 48.0 Å². The predicted molar refractivity (Wildman–Crippen MR) is 65.1 cm³/mol. The van der Waals surface area contributed by atoms with Gasteiger partial charge in [-0.1, -0.05) is 12.1 Å². The number of imidazole rings is 1. The summed E-state index contributed by atoms with van der Waals surface area (Å²) in [5.41, 5.74) is 2.02. The van der Waals surface area contributed by atoms with Crippen LogP contribution in [0.3, 0.4) is 0 Å². The second-order valence-electron chi connectivity index (χ2n) is 3.48. The standard InChI is InChI=1S/C12H8FN3S/c13-9-4-2-1-3-8(9)11-6-17-12(16-11)10-5-14-7-15-10/h1-7H,(H,14,15). The van der Waals surface area contributed by atoms with E-state index in [0.29, 0.717) is 11.3 Å². The molecule has 3 aromatic rings.